The molecule has 0 aliphatic heterocycles. The van der Waals surface area contributed by atoms with Crippen LogP contribution >= 0.6 is 11.6 Å². The molecule has 0 heterocycles. The lowest BCUT2D eigenvalue weighted by molar-refractivity contribution is -0.128. The van der Waals surface area contributed by atoms with Crippen molar-refractivity contribution < 1.29 is 4.79 Å². The predicted molar refractivity (Wildman–Crippen MR) is 71.4 cm³/mol. The van der Waals surface area contributed by atoms with Crippen LogP contribution in [0.5, 0.6) is 0 Å². The Balaban J connectivity index is 2.05. The van der Waals surface area contributed by atoms with Crippen molar-refractivity contribution >= 4 is 17.4 Å². The number of carbonyl (C=O) groups excluding carboxylic acids is 1. The van der Waals surface area contributed by atoms with Gasteiger partial charge in [-0.3, -0.25) is 4.79 Å². The molecule has 0 unspecified atom stereocenters. The number of ketones is 1. The van der Waals surface area contributed by atoms with Gasteiger partial charge < -0.3 is 0 Å². The molecule has 17 heavy (non-hydrogen) atoms. The molecule has 2 rings (SSSR count). The van der Waals surface area contributed by atoms with Gasteiger partial charge in [-0.25, -0.2) is 0 Å². The molecule has 0 N–H and O–H groups in total. The van der Waals surface area contributed by atoms with Crippen LogP contribution in [0.2, 0.25) is 5.02 Å². The molecular weight excluding hydrogens is 232 g/mol. The van der Waals surface area contributed by atoms with Gasteiger partial charge in [-0.05, 0) is 30.5 Å². The molecule has 0 aromatic heterocycles. The Kier molecular flexibility index (Phi) is 3.88. The van der Waals surface area contributed by atoms with E-state index in [1.54, 1.807) is 0 Å². The second-order valence-corrected chi connectivity index (χ2v) is 5.79. The van der Waals surface area contributed by atoms with Crippen molar-refractivity contribution in [2.45, 2.75) is 45.4 Å². The third-order valence-electron chi connectivity index (χ3n) is 3.88. The maximum absolute atomic E-state index is 12.4. The topological polar surface area (TPSA) is 17.1 Å². The van der Waals surface area contributed by atoms with Crippen molar-refractivity contribution in [2.75, 3.05) is 0 Å². The van der Waals surface area contributed by atoms with E-state index in [-0.39, 0.29) is 5.41 Å². The van der Waals surface area contributed by atoms with Crippen LogP contribution in [0.4, 0.5) is 0 Å². The van der Waals surface area contributed by atoms with Gasteiger partial charge in [0.25, 0.3) is 0 Å². The number of hydrogen-bond acceptors (Lipinski definition) is 1. The molecule has 1 aliphatic rings. The molecule has 0 bridgehead atoms. The second-order valence-electron chi connectivity index (χ2n) is 5.35. The molecule has 1 nitrogen and oxygen atoms in total. The van der Waals surface area contributed by atoms with E-state index in [2.05, 4.69) is 6.92 Å². The van der Waals surface area contributed by atoms with Gasteiger partial charge in [-0.1, -0.05) is 49.9 Å². The minimum atomic E-state index is -0.0967. The van der Waals surface area contributed by atoms with E-state index in [1.807, 2.05) is 24.3 Å². The van der Waals surface area contributed by atoms with Crippen LogP contribution in [0.15, 0.2) is 24.3 Å². The van der Waals surface area contributed by atoms with Crippen molar-refractivity contribution in [1.82, 2.24) is 0 Å². The minimum Gasteiger partial charge on any atom is -0.299 e. The molecule has 92 valence electrons. The van der Waals surface area contributed by atoms with Crippen LogP contribution in [0, 0.1) is 5.41 Å². The van der Waals surface area contributed by atoms with Gasteiger partial charge in [0.05, 0.1) is 0 Å². The molecule has 0 radical (unpaired) electrons. The third-order valence-corrected chi connectivity index (χ3v) is 4.12. The summed E-state index contributed by atoms with van der Waals surface area (Å²) in [7, 11) is 0. The zero-order valence-electron chi connectivity index (χ0n) is 10.3. The fourth-order valence-corrected chi connectivity index (χ4v) is 2.87. The summed E-state index contributed by atoms with van der Waals surface area (Å²) in [6.07, 6.45) is 6.28. The first kappa shape index (κ1) is 12.6. The normalized spacial score (nSPS) is 18.9. The van der Waals surface area contributed by atoms with E-state index in [0.717, 1.165) is 18.4 Å². The van der Waals surface area contributed by atoms with E-state index in [4.69, 9.17) is 11.6 Å². The summed E-state index contributed by atoms with van der Waals surface area (Å²) in [4.78, 5) is 12.4. The third kappa shape index (κ3) is 3.10. The van der Waals surface area contributed by atoms with Crippen LogP contribution in [-0.4, -0.2) is 5.78 Å². The summed E-state index contributed by atoms with van der Waals surface area (Å²) in [5.41, 5.74) is 0.940. The highest BCUT2D eigenvalue weighted by Crippen LogP contribution is 2.37. The quantitative estimate of drug-likeness (QED) is 0.776. The van der Waals surface area contributed by atoms with Crippen LogP contribution < -0.4 is 0 Å². The molecule has 1 aliphatic carbocycles. The fourth-order valence-electron chi connectivity index (χ4n) is 2.66. The van der Waals surface area contributed by atoms with Crippen molar-refractivity contribution in [2.24, 2.45) is 5.41 Å². The number of hydrogen-bond donors (Lipinski definition) is 0. The van der Waals surface area contributed by atoms with E-state index in [1.165, 1.54) is 19.3 Å². The molecule has 0 atom stereocenters. The Morgan fingerprint density at radius 2 is 2.00 bits per heavy atom. The van der Waals surface area contributed by atoms with Gasteiger partial charge in [-0.15, -0.1) is 0 Å². The molecule has 1 saturated carbocycles. The van der Waals surface area contributed by atoms with Gasteiger partial charge in [0.1, 0.15) is 5.78 Å². The van der Waals surface area contributed by atoms with Gasteiger partial charge in [0.2, 0.25) is 0 Å². The summed E-state index contributed by atoms with van der Waals surface area (Å²) < 4.78 is 0. The molecular formula is C15H19ClO. The Labute approximate surface area is 108 Å². The van der Waals surface area contributed by atoms with Crippen molar-refractivity contribution in [3.63, 3.8) is 0 Å². The zero-order chi connectivity index (χ0) is 12.3. The van der Waals surface area contributed by atoms with Crippen molar-refractivity contribution in [1.29, 1.82) is 0 Å². The summed E-state index contributed by atoms with van der Waals surface area (Å²) >= 11 is 5.94. The Morgan fingerprint density at radius 3 is 2.65 bits per heavy atom. The lowest BCUT2D eigenvalue weighted by atomic mass is 9.71. The first-order valence-electron chi connectivity index (χ1n) is 6.38. The molecule has 1 aromatic rings. The summed E-state index contributed by atoms with van der Waals surface area (Å²) in [5.74, 6) is 0.375. The Hall–Kier alpha value is -0.820. The van der Waals surface area contributed by atoms with E-state index in [0.29, 0.717) is 17.2 Å². The smallest absolute Gasteiger partial charge is 0.143 e. The lowest BCUT2D eigenvalue weighted by Gasteiger charge is -2.32. The van der Waals surface area contributed by atoms with E-state index < -0.39 is 0 Å². The maximum atomic E-state index is 12.4. The van der Waals surface area contributed by atoms with Crippen LogP contribution in [0.25, 0.3) is 0 Å². The van der Waals surface area contributed by atoms with Gasteiger partial charge in [0, 0.05) is 16.9 Å². The highest BCUT2D eigenvalue weighted by atomic mass is 35.5. The largest absolute Gasteiger partial charge is 0.299 e. The van der Waals surface area contributed by atoms with E-state index in [9.17, 15) is 4.79 Å². The van der Waals surface area contributed by atoms with Gasteiger partial charge in [-0.2, -0.15) is 0 Å². The number of halogens is 1. The Bertz CT molecular complexity index is 405. The molecule has 0 spiro atoms. The SMILES string of the molecule is CC1(C(=O)Cc2cccc(Cl)c2)CCCCC1. The molecule has 0 amide bonds. The second kappa shape index (κ2) is 5.22. The van der Waals surface area contributed by atoms with Crippen molar-refractivity contribution in [3.8, 4) is 0 Å². The fraction of sp³-hybridized carbons (Fsp3) is 0.533. The lowest BCUT2D eigenvalue weighted by Crippen LogP contribution is -2.31. The summed E-state index contributed by atoms with van der Waals surface area (Å²) in [6.45, 7) is 2.12. The summed E-state index contributed by atoms with van der Waals surface area (Å²) in [6, 6.07) is 7.63. The summed E-state index contributed by atoms with van der Waals surface area (Å²) in [5, 5.41) is 0.712. The average Bonchev–Trinajstić information content (AvgIpc) is 2.30. The number of Topliss-reactive ketones (excluding diaryl/α,β-unsaturated/α-hetero) is 1. The predicted octanol–water partition coefficient (Wildman–Crippen LogP) is 4.42. The number of rotatable bonds is 3. The molecule has 2 heteroatoms. The van der Waals surface area contributed by atoms with Crippen LogP contribution in [-0.2, 0) is 11.2 Å². The van der Waals surface area contributed by atoms with Crippen LogP contribution in [0.3, 0.4) is 0 Å². The number of benzene rings is 1. The number of carbonyl (C=O) groups is 1. The monoisotopic (exact) mass is 250 g/mol. The highest BCUT2D eigenvalue weighted by molar-refractivity contribution is 6.30. The molecule has 1 aromatic carbocycles. The minimum absolute atomic E-state index is 0.0967. The first-order valence-corrected chi connectivity index (χ1v) is 6.76. The zero-order valence-corrected chi connectivity index (χ0v) is 11.1. The van der Waals surface area contributed by atoms with Crippen molar-refractivity contribution in [3.05, 3.63) is 34.9 Å². The molecule has 1 fully saturated rings. The maximum Gasteiger partial charge on any atom is 0.143 e. The van der Waals surface area contributed by atoms with Crippen LogP contribution in [0.1, 0.15) is 44.6 Å². The average molecular weight is 251 g/mol. The first-order chi connectivity index (χ1) is 8.10. The standard InChI is InChI=1S/C15H19ClO/c1-15(8-3-2-4-9-15)14(17)11-12-6-5-7-13(16)10-12/h5-7,10H,2-4,8-9,11H2,1H3. The molecule has 0 saturated heterocycles. The van der Waals surface area contributed by atoms with Gasteiger partial charge in [0.15, 0.2) is 0 Å². The highest BCUT2D eigenvalue weighted by Gasteiger charge is 2.33. The van der Waals surface area contributed by atoms with Gasteiger partial charge >= 0.3 is 0 Å². The van der Waals surface area contributed by atoms with E-state index >= 15 is 0 Å². The Morgan fingerprint density at radius 1 is 1.29 bits per heavy atom.